The summed E-state index contributed by atoms with van der Waals surface area (Å²) >= 11 is 6.67. The van der Waals surface area contributed by atoms with E-state index in [1.165, 1.54) is 24.3 Å². The number of nitro benzene ring substituents is 1. The zero-order chi connectivity index (χ0) is 15.6. The number of nitrogens with one attached hydrogen (secondary N) is 1. The van der Waals surface area contributed by atoms with Crippen LogP contribution in [0.15, 0.2) is 45.3 Å². The van der Waals surface area contributed by atoms with Gasteiger partial charge < -0.3 is 5.32 Å². The Bertz CT molecular complexity index is 695. The monoisotopic (exact) mass is 416 g/mol. The summed E-state index contributed by atoms with van der Waals surface area (Å²) in [5, 5.41) is 14.0. The van der Waals surface area contributed by atoms with Crippen molar-refractivity contribution in [3.8, 4) is 0 Å². The van der Waals surface area contributed by atoms with Gasteiger partial charge in [0.15, 0.2) is 0 Å². The van der Waals surface area contributed by atoms with E-state index in [2.05, 4.69) is 37.2 Å². The molecular formula is C14H11Br2FN2O2. The van der Waals surface area contributed by atoms with Gasteiger partial charge in [-0.15, -0.1) is 0 Å². The molecule has 0 aliphatic heterocycles. The molecule has 0 fully saturated rings. The third-order valence-corrected chi connectivity index (χ3v) is 4.34. The molecule has 0 amide bonds. The Labute approximate surface area is 137 Å². The summed E-state index contributed by atoms with van der Waals surface area (Å²) in [6.45, 7) is 1.89. The van der Waals surface area contributed by atoms with Gasteiger partial charge in [-0.1, -0.05) is 22.0 Å². The van der Waals surface area contributed by atoms with Gasteiger partial charge in [0.1, 0.15) is 5.82 Å². The van der Waals surface area contributed by atoms with Gasteiger partial charge >= 0.3 is 0 Å². The van der Waals surface area contributed by atoms with Crippen molar-refractivity contribution in [1.82, 2.24) is 0 Å². The molecule has 4 nitrogen and oxygen atoms in total. The zero-order valence-electron chi connectivity index (χ0n) is 10.9. The van der Waals surface area contributed by atoms with Gasteiger partial charge in [0.2, 0.25) is 0 Å². The first kappa shape index (κ1) is 15.9. The molecule has 0 aromatic heterocycles. The molecule has 2 aromatic carbocycles. The van der Waals surface area contributed by atoms with Crippen molar-refractivity contribution < 1.29 is 9.31 Å². The Morgan fingerprint density at radius 3 is 2.52 bits per heavy atom. The van der Waals surface area contributed by atoms with Crippen LogP contribution in [-0.2, 0) is 0 Å². The molecule has 2 rings (SSSR count). The summed E-state index contributed by atoms with van der Waals surface area (Å²) in [5.74, 6) is -0.325. The number of rotatable bonds is 4. The molecule has 7 heteroatoms. The average Bonchev–Trinajstić information content (AvgIpc) is 2.40. The molecule has 0 aliphatic carbocycles. The highest BCUT2D eigenvalue weighted by Gasteiger charge is 2.14. The molecule has 0 bridgehead atoms. The van der Waals surface area contributed by atoms with E-state index < -0.39 is 4.92 Å². The molecule has 0 spiro atoms. The number of benzene rings is 2. The molecule has 21 heavy (non-hydrogen) atoms. The van der Waals surface area contributed by atoms with Crippen LogP contribution in [0.2, 0.25) is 0 Å². The highest BCUT2D eigenvalue weighted by atomic mass is 79.9. The summed E-state index contributed by atoms with van der Waals surface area (Å²) < 4.78 is 14.5. The van der Waals surface area contributed by atoms with Crippen molar-refractivity contribution >= 4 is 43.2 Å². The van der Waals surface area contributed by atoms with Crippen LogP contribution in [0.5, 0.6) is 0 Å². The minimum Gasteiger partial charge on any atom is -0.377 e. The predicted octanol–water partition coefficient (Wildman–Crippen LogP) is 5.43. The quantitative estimate of drug-likeness (QED) is 0.532. The SMILES string of the molecule is CC(Nc1cc([N+](=O)[O-])ccc1Br)c1ccc(F)cc1Br. The van der Waals surface area contributed by atoms with Gasteiger partial charge in [0.25, 0.3) is 5.69 Å². The number of hydrogen-bond donors (Lipinski definition) is 1. The maximum Gasteiger partial charge on any atom is 0.271 e. The van der Waals surface area contributed by atoms with Crippen molar-refractivity contribution in [3.05, 3.63) is 66.8 Å². The highest BCUT2D eigenvalue weighted by Crippen LogP contribution is 2.32. The van der Waals surface area contributed by atoms with Crippen LogP contribution < -0.4 is 5.32 Å². The third kappa shape index (κ3) is 3.79. The Hall–Kier alpha value is -1.47. The summed E-state index contributed by atoms with van der Waals surface area (Å²) in [6, 6.07) is 8.77. The summed E-state index contributed by atoms with van der Waals surface area (Å²) in [6.07, 6.45) is 0. The fourth-order valence-electron chi connectivity index (χ4n) is 1.90. The van der Waals surface area contributed by atoms with E-state index in [0.717, 1.165) is 10.0 Å². The van der Waals surface area contributed by atoms with Crippen LogP contribution in [0, 0.1) is 15.9 Å². The van der Waals surface area contributed by atoms with Crippen LogP contribution in [0.4, 0.5) is 15.8 Å². The summed E-state index contributed by atoms with van der Waals surface area (Å²) in [5.41, 5.74) is 1.47. The molecule has 2 aromatic rings. The van der Waals surface area contributed by atoms with E-state index in [9.17, 15) is 14.5 Å². The number of non-ortho nitro benzene ring substituents is 1. The minimum atomic E-state index is -0.448. The first-order valence-corrected chi connectivity index (χ1v) is 7.62. The molecule has 0 heterocycles. The maximum atomic E-state index is 13.1. The Morgan fingerprint density at radius 1 is 1.19 bits per heavy atom. The van der Waals surface area contributed by atoms with E-state index >= 15 is 0 Å². The largest absolute Gasteiger partial charge is 0.377 e. The summed E-state index contributed by atoms with van der Waals surface area (Å²) in [7, 11) is 0. The lowest BCUT2D eigenvalue weighted by atomic mass is 10.1. The van der Waals surface area contributed by atoms with Gasteiger partial charge in [-0.3, -0.25) is 10.1 Å². The Morgan fingerprint density at radius 2 is 1.90 bits per heavy atom. The smallest absolute Gasteiger partial charge is 0.271 e. The molecule has 1 unspecified atom stereocenters. The Kier molecular flexibility index (Phi) is 4.95. The molecule has 1 N–H and O–H groups in total. The normalized spacial score (nSPS) is 12.0. The Balaban J connectivity index is 2.28. The van der Waals surface area contributed by atoms with Crippen LogP contribution >= 0.6 is 31.9 Å². The van der Waals surface area contributed by atoms with Gasteiger partial charge in [0.05, 0.1) is 10.6 Å². The topological polar surface area (TPSA) is 55.2 Å². The van der Waals surface area contributed by atoms with Gasteiger partial charge in [-0.2, -0.15) is 0 Å². The first-order valence-electron chi connectivity index (χ1n) is 6.04. The lowest BCUT2D eigenvalue weighted by Gasteiger charge is -2.18. The average molecular weight is 418 g/mol. The van der Waals surface area contributed by atoms with E-state index in [1.807, 2.05) is 6.92 Å². The standard InChI is InChI=1S/C14H11Br2FN2O2/c1-8(11-4-2-9(17)6-13(11)16)18-14-7-10(19(20)21)3-5-12(14)15/h2-8,18H,1H3. The number of nitro groups is 1. The number of hydrogen-bond acceptors (Lipinski definition) is 3. The molecule has 0 aliphatic rings. The summed E-state index contributed by atoms with van der Waals surface area (Å²) in [4.78, 5) is 10.4. The molecular weight excluding hydrogens is 407 g/mol. The van der Waals surface area contributed by atoms with Crippen LogP contribution in [-0.4, -0.2) is 4.92 Å². The van der Waals surface area contributed by atoms with Gasteiger partial charge in [0, 0.05) is 27.1 Å². The van der Waals surface area contributed by atoms with Crippen LogP contribution in [0.25, 0.3) is 0 Å². The van der Waals surface area contributed by atoms with Crippen LogP contribution in [0.3, 0.4) is 0 Å². The third-order valence-electron chi connectivity index (χ3n) is 2.96. The second-order valence-corrected chi connectivity index (χ2v) is 6.16. The lowest BCUT2D eigenvalue weighted by Crippen LogP contribution is -2.08. The maximum absolute atomic E-state index is 13.1. The van der Waals surface area contributed by atoms with Crippen molar-refractivity contribution in [2.75, 3.05) is 5.32 Å². The lowest BCUT2D eigenvalue weighted by molar-refractivity contribution is -0.384. The number of anilines is 1. The number of halogens is 3. The van der Waals surface area contributed by atoms with Gasteiger partial charge in [-0.25, -0.2) is 4.39 Å². The van der Waals surface area contributed by atoms with Crippen molar-refractivity contribution in [2.45, 2.75) is 13.0 Å². The first-order chi connectivity index (χ1) is 9.88. The van der Waals surface area contributed by atoms with E-state index in [-0.39, 0.29) is 17.5 Å². The minimum absolute atomic E-state index is 0.00562. The molecule has 0 radical (unpaired) electrons. The van der Waals surface area contributed by atoms with Crippen molar-refractivity contribution in [2.24, 2.45) is 0 Å². The second kappa shape index (κ2) is 6.53. The molecule has 0 saturated carbocycles. The number of nitrogens with zero attached hydrogens (tertiary/aromatic N) is 1. The van der Waals surface area contributed by atoms with E-state index in [1.54, 1.807) is 12.1 Å². The van der Waals surface area contributed by atoms with Gasteiger partial charge in [-0.05, 0) is 46.6 Å². The fourth-order valence-corrected chi connectivity index (χ4v) is 2.96. The predicted molar refractivity (Wildman–Crippen MR) is 86.9 cm³/mol. The zero-order valence-corrected chi connectivity index (χ0v) is 14.1. The molecule has 0 saturated heterocycles. The van der Waals surface area contributed by atoms with E-state index in [0.29, 0.717) is 10.2 Å². The molecule has 1 atom stereocenters. The second-order valence-electron chi connectivity index (χ2n) is 4.45. The fraction of sp³-hybridized carbons (Fsp3) is 0.143. The molecule has 110 valence electrons. The van der Waals surface area contributed by atoms with E-state index in [4.69, 9.17) is 0 Å². The highest BCUT2D eigenvalue weighted by molar-refractivity contribution is 9.11. The van der Waals surface area contributed by atoms with Crippen LogP contribution in [0.1, 0.15) is 18.5 Å². The van der Waals surface area contributed by atoms with Crippen molar-refractivity contribution in [3.63, 3.8) is 0 Å². The van der Waals surface area contributed by atoms with Crippen molar-refractivity contribution in [1.29, 1.82) is 0 Å².